The fraction of sp³-hybridized carbons (Fsp3) is 0.500. The highest BCUT2D eigenvalue weighted by molar-refractivity contribution is 7.99. The second kappa shape index (κ2) is 8.52. The first-order valence-electron chi connectivity index (χ1n) is 6.53. The average Bonchev–Trinajstić information content (AvgIpc) is 2.45. The molecule has 0 aliphatic carbocycles. The van der Waals surface area contributed by atoms with Crippen molar-refractivity contribution in [3.8, 4) is 0 Å². The highest BCUT2D eigenvalue weighted by atomic mass is 35.5. The zero-order valence-electron chi connectivity index (χ0n) is 11.3. The molecular formula is C14H21ClN2O2S. The molecule has 1 heterocycles. The summed E-state index contributed by atoms with van der Waals surface area (Å²) in [7, 11) is 0. The number of halogens is 1. The number of ether oxygens (including phenoxy) is 1. The molecule has 1 aromatic carbocycles. The van der Waals surface area contributed by atoms with Gasteiger partial charge in [-0.25, -0.2) is 0 Å². The van der Waals surface area contributed by atoms with E-state index in [1.54, 1.807) is 11.8 Å². The molecular weight excluding hydrogens is 296 g/mol. The molecule has 0 aromatic heterocycles. The van der Waals surface area contributed by atoms with Crippen LogP contribution in [0, 0.1) is 0 Å². The predicted molar refractivity (Wildman–Crippen MR) is 84.4 cm³/mol. The monoisotopic (exact) mass is 316 g/mol. The standard InChI is InChI=1S/C14H20N2O2S.ClH/c15-14(6-9-18-10-7-14)13(17)16-8-11-19-12-4-2-1-3-5-12;/h1-5H,6-11,15H2,(H,16,17);1H. The Labute approximate surface area is 130 Å². The van der Waals surface area contributed by atoms with Crippen molar-refractivity contribution in [2.45, 2.75) is 23.3 Å². The number of nitrogens with two attached hydrogens (primary N) is 1. The van der Waals surface area contributed by atoms with Gasteiger partial charge in [0.2, 0.25) is 5.91 Å². The Morgan fingerprint density at radius 2 is 1.95 bits per heavy atom. The SMILES string of the molecule is Cl.NC1(C(=O)NCCSc2ccccc2)CCOCC1. The van der Waals surface area contributed by atoms with Gasteiger partial charge in [0.05, 0.1) is 5.54 Å². The predicted octanol–water partition coefficient (Wildman–Crippen LogP) is 1.82. The van der Waals surface area contributed by atoms with Gasteiger partial charge >= 0.3 is 0 Å². The molecule has 0 atom stereocenters. The fourth-order valence-corrected chi connectivity index (χ4v) is 2.78. The summed E-state index contributed by atoms with van der Waals surface area (Å²) >= 11 is 1.73. The van der Waals surface area contributed by atoms with Crippen molar-refractivity contribution >= 4 is 30.1 Å². The molecule has 1 saturated heterocycles. The van der Waals surface area contributed by atoms with Crippen LogP contribution in [0.4, 0.5) is 0 Å². The van der Waals surface area contributed by atoms with Gasteiger partial charge in [-0.1, -0.05) is 18.2 Å². The Morgan fingerprint density at radius 3 is 2.60 bits per heavy atom. The third-order valence-corrected chi connectivity index (χ3v) is 4.25. The van der Waals surface area contributed by atoms with Gasteiger partial charge in [0, 0.05) is 30.4 Å². The third-order valence-electron chi connectivity index (χ3n) is 3.24. The highest BCUT2D eigenvalue weighted by Crippen LogP contribution is 2.18. The lowest BCUT2D eigenvalue weighted by atomic mass is 9.90. The van der Waals surface area contributed by atoms with Crippen molar-refractivity contribution in [3.63, 3.8) is 0 Å². The van der Waals surface area contributed by atoms with E-state index in [-0.39, 0.29) is 18.3 Å². The average molecular weight is 317 g/mol. The Kier molecular flexibility index (Phi) is 7.37. The van der Waals surface area contributed by atoms with E-state index in [2.05, 4.69) is 17.4 Å². The van der Waals surface area contributed by atoms with Gasteiger partial charge in [-0.05, 0) is 25.0 Å². The lowest BCUT2D eigenvalue weighted by Gasteiger charge is -2.31. The van der Waals surface area contributed by atoms with E-state index in [0.29, 0.717) is 32.6 Å². The molecule has 4 nitrogen and oxygen atoms in total. The zero-order chi connectivity index (χ0) is 13.6. The highest BCUT2D eigenvalue weighted by Gasteiger charge is 2.35. The molecule has 3 N–H and O–H groups in total. The van der Waals surface area contributed by atoms with Crippen LogP contribution in [-0.2, 0) is 9.53 Å². The smallest absolute Gasteiger partial charge is 0.240 e. The number of amides is 1. The topological polar surface area (TPSA) is 64.4 Å². The summed E-state index contributed by atoms with van der Waals surface area (Å²) in [5, 5.41) is 2.92. The maximum Gasteiger partial charge on any atom is 0.240 e. The van der Waals surface area contributed by atoms with Crippen LogP contribution in [0.1, 0.15) is 12.8 Å². The van der Waals surface area contributed by atoms with Crippen LogP contribution < -0.4 is 11.1 Å². The van der Waals surface area contributed by atoms with Gasteiger partial charge in [0.15, 0.2) is 0 Å². The van der Waals surface area contributed by atoms with E-state index in [0.717, 1.165) is 5.75 Å². The number of carbonyl (C=O) groups excluding carboxylic acids is 1. The summed E-state index contributed by atoms with van der Waals surface area (Å²) < 4.78 is 5.23. The molecule has 0 radical (unpaired) electrons. The molecule has 112 valence electrons. The quantitative estimate of drug-likeness (QED) is 0.642. The van der Waals surface area contributed by atoms with Crippen molar-refractivity contribution < 1.29 is 9.53 Å². The van der Waals surface area contributed by atoms with Gasteiger partial charge in [-0.15, -0.1) is 24.2 Å². The maximum atomic E-state index is 12.0. The Bertz CT molecular complexity index is 411. The third kappa shape index (κ3) is 4.98. The van der Waals surface area contributed by atoms with Crippen molar-refractivity contribution in [2.24, 2.45) is 5.73 Å². The summed E-state index contributed by atoms with van der Waals surface area (Å²) in [5.74, 6) is 0.798. The first kappa shape index (κ1) is 17.3. The van der Waals surface area contributed by atoms with E-state index in [1.807, 2.05) is 18.2 Å². The summed E-state index contributed by atoms with van der Waals surface area (Å²) in [6.07, 6.45) is 1.20. The Hall–Kier alpha value is -0.750. The number of rotatable bonds is 5. The number of benzene rings is 1. The first-order chi connectivity index (χ1) is 9.21. The largest absolute Gasteiger partial charge is 0.381 e. The second-order valence-electron chi connectivity index (χ2n) is 4.69. The molecule has 2 rings (SSSR count). The van der Waals surface area contributed by atoms with Gasteiger partial charge in [-0.3, -0.25) is 4.79 Å². The van der Waals surface area contributed by atoms with E-state index in [1.165, 1.54) is 4.90 Å². The summed E-state index contributed by atoms with van der Waals surface area (Å²) in [5.41, 5.74) is 5.36. The van der Waals surface area contributed by atoms with Crippen molar-refractivity contribution in [1.29, 1.82) is 0 Å². The molecule has 1 aliphatic heterocycles. The Morgan fingerprint density at radius 1 is 1.30 bits per heavy atom. The van der Waals surface area contributed by atoms with E-state index in [9.17, 15) is 4.79 Å². The van der Waals surface area contributed by atoms with Crippen LogP contribution in [-0.4, -0.2) is 37.0 Å². The van der Waals surface area contributed by atoms with Crippen molar-refractivity contribution in [3.05, 3.63) is 30.3 Å². The number of thioether (sulfide) groups is 1. The molecule has 1 fully saturated rings. The number of hydrogen-bond donors (Lipinski definition) is 2. The lowest BCUT2D eigenvalue weighted by molar-refractivity contribution is -0.129. The molecule has 1 aliphatic rings. The minimum Gasteiger partial charge on any atom is -0.381 e. The summed E-state index contributed by atoms with van der Waals surface area (Å²) in [4.78, 5) is 13.2. The van der Waals surface area contributed by atoms with Crippen LogP contribution in [0.2, 0.25) is 0 Å². The van der Waals surface area contributed by atoms with Crippen LogP contribution in [0.15, 0.2) is 35.2 Å². The number of nitrogens with one attached hydrogen (secondary N) is 1. The fourth-order valence-electron chi connectivity index (χ4n) is 1.99. The zero-order valence-corrected chi connectivity index (χ0v) is 13.0. The molecule has 0 saturated carbocycles. The van der Waals surface area contributed by atoms with Gasteiger partial charge in [0.1, 0.15) is 0 Å². The number of hydrogen-bond acceptors (Lipinski definition) is 4. The van der Waals surface area contributed by atoms with E-state index >= 15 is 0 Å². The molecule has 0 bridgehead atoms. The molecule has 20 heavy (non-hydrogen) atoms. The van der Waals surface area contributed by atoms with Gasteiger partial charge < -0.3 is 15.8 Å². The van der Waals surface area contributed by atoms with E-state index < -0.39 is 5.54 Å². The molecule has 1 amide bonds. The van der Waals surface area contributed by atoms with Crippen molar-refractivity contribution in [2.75, 3.05) is 25.5 Å². The normalized spacial score (nSPS) is 17.1. The molecule has 6 heteroatoms. The van der Waals surface area contributed by atoms with Crippen LogP contribution >= 0.6 is 24.2 Å². The lowest BCUT2D eigenvalue weighted by Crippen LogP contribution is -2.57. The first-order valence-corrected chi connectivity index (χ1v) is 7.52. The summed E-state index contributed by atoms with van der Waals surface area (Å²) in [6, 6.07) is 10.1. The Balaban J connectivity index is 0.00000200. The maximum absolute atomic E-state index is 12.0. The number of carbonyl (C=O) groups is 1. The molecule has 0 spiro atoms. The van der Waals surface area contributed by atoms with Crippen LogP contribution in [0.3, 0.4) is 0 Å². The van der Waals surface area contributed by atoms with Gasteiger partial charge in [-0.2, -0.15) is 0 Å². The van der Waals surface area contributed by atoms with E-state index in [4.69, 9.17) is 10.5 Å². The van der Waals surface area contributed by atoms with Gasteiger partial charge in [0.25, 0.3) is 0 Å². The second-order valence-corrected chi connectivity index (χ2v) is 5.85. The van der Waals surface area contributed by atoms with Crippen molar-refractivity contribution in [1.82, 2.24) is 5.32 Å². The molecule has 1 aromatic rings. The van der Waals surface area contributed by atoms with Crippen LogP contribution in [0.25, 0.3) is 0 Å². The van der Waals surface area contributed by atoms with Crippen LogP contribution in [0.5, 0.6) is 0 Å². The summed E-state index contributed by atoms with van der Waals surface area (Å²) in [6.45, 7) is 1.78. The minimum atomic E-state index is -0.740. The minimum absolute atomic E-state index is 0. The molecule has 0 unspecified atom stereocenters.